The lowest BCUT2D eigenvalue weighted by atomic mass is 9.94. The van der Waals surface area contributed by atoms with E-state index in [1.54, 1.807) is 0 Å². The van der Waals surface area contributed by atoms with E-state index < -0.39 is 0 Å². The van der Waals surface area contributed by atoms with Crippen LogP contribution in [0.15, 0.2) is 6.20 Å². The van der Waals surface area contributed by atoms with E-state index in [0.717, 1.165) is 44.9 Å². The number of hydrogen-bond donors (Lipinski definition) is 2. The van der Waals surface area contributed by atoms with Gasteiger partial charge in [0.1, 0.15) is 0 Å². The van der Waals surface area contributed by atoms with E-state index in [2.05, 4.69) is 39.5 Å². The third-order valence-corrected chi connectivity index (χ3v) is 3.96. The Morgan fingerprint density at radius 2 is 2.05 bits per heavy atom. The zero-order valence-corrected chi connectivity index (χ0v) is 13.0. The lowest BCUT2D eigenvalue weighted by molar-refractivity contribution is 0.215. The molecular formula is C15H26FN5. The second-order valence-electron chi connectivity index (χ2n) is 5.78. The van der Waals surface area contributed by atoms with Crippen LogP contribution in [0, 0.1) is 11.7 Å². The van der Waals surface area contributed by atoms with E-state index in [0.29, 0.717) is 11.8 Å². The van der Waals surface area contributed by atoms with Crippen molar-refractivity contribution in [2.24, 2.45) is 5.92 Å². The van der Waals surface area contributed by atoms with Gasteiger partial charge in [-0.3, -0.25) is 0 Å². The Balaban J connectivity index is 1.79. The number of nitrogens with one attached hydrogen (secondary N) is 2. The standard InChI is InChI=1S/C15H26FN5/c1-3-7-18-15-19-11-13(16)14(20-15)17-8-4-12-5-9-21(2)10-6-12/h11-12H,3-10H2,1-2H3,(H2,17,18,19,20). The molecule has 1 aliphatic heterocycles. The van der Waals surface area contributed by atoms with Crippen LogP contribution in [0.4, 0.5) is 16.2 Å². The molecule has 0 saturated carbocycles. The molecule has 2 heterocycles. The Hall–Kier alpha value is -1.43. The Bertz CT molecular complexity index is 432. The van der Waals surface area contributed by atoms with Gasteiger partial charge in [-0.05, 0) is 51.7 Å². The van der Waals surface area contributed by atoms with Crippen LogP contribution < -0.4 is 10.6 Å². The molecule has 6 heteroatoms. The zero-order chi connectivity index (χ0) is 15.1. The van der Waals surface area contributed by atoms with Crippen molar-refractivity contribution >= 4 is 11.8 Å². The summed E-state index contributed by atoms with van der Waals surface area (Å²) in [6.07, 6.45) is 5.74. The van der Waals surface area contributed by atoms with Crippen molar-refractivity contribution in [3.05, 3.63) is 12.0 Å². The topological polar surface area (TPSA) is 53.1 Å². The van der Waals surface area contributed by atoms with Gasteiger partial charge in [-0.15, -0.1) is 0 Å². The molecule has 1 aromatic rings. The van der Waals surface area contributed by atoms with Crippen LogP contribution in [-0.4, -0.2) is 48.1 Å². The van der Waals surface area contributed by atoms with Crippen LogP contribution in [0.2, 0.25) is 0 Å². The summed E-state index contributed by atoms with van der Waals surface area (Å²) in [7, 11) is 2.16. The predicted molar refractivity (Wildman–Crippen MR) is 84.1 cm³/mol. The highest BCUT2D eigenvalue weighted by Gasteiger charge is 2.16. The number of halogens is 1. The fraction of sp³-hybridized carbons (Fsp3) is 0.733. The van der Waals surface area contributed by atoms with E-state index in [4.69, 9.17) is 0 Å². The minimum Gasteiger partial charge on any atom is -0.367 e. The molecule has 0 aliphatic carbocycles. The number of hydrogen-bond acceptors (Lipinski definition) is 5. The molecule has 0 unspecified atom stereocenters. The molecule has 1 fully saturated rings. The average Bonchev–Trinajstić information content (AvgIpc) is 2.50. The summed E-state index contributed by atoms with van der Waals surface area (Å²) in [4.78, 5) is 10.5. The molecule has 1 aliphatic rings. The lowest BCUT2D eigenvalue weighted by Gasteiger charge is -2.28. The van der Waals surface area contributed by atoms with E-state index in [1.807, 2.05) is 0 Å². The van der Waals surface area contributed by atoms with Crippen LogP contribution in [-0.2, 0) is 0 Å². The minimum absolute atomic E-state index is 0.302. The maximum absolute atomic E-state index is 13.7. The molecule has 2 rings (SSSR count). The number of rotatable bonds is 7. The second kappa shape index (κ2) is 8.12. The molecule has 0 radical (unpaired) electrons. The molecule has 21 heavy (non-hydrogen) atoms. The highest BCUT2D eigenvalue weighted by molar-refractivity contribution is 5.40. The molecule has 1 aromatic heterocycles. The summed E-state index contributed by atoms with van der Waals surface area (Å²) < 4.78 is 13.7. The normalized spacial score (nSPS) is 16.9. The molecule has 0 atom stereocenters. The van der Waals surface area contributed by atoms with Gasteiger partial charge >= 0.3 is 0 Å². The SMILES string of the molecule is CCCNc1ncc(F)c(NCCC2CCN(C)CC2)n1. The molecule has 0 bridgehead atoms. The van der Waals surface area contributed by atoms with Crippen molar-refractivity contribution < 1.29 is 4.39 Å². The third kappa shape index (κ3) is 5.12. The molecule has 1 saturated heterocycles. The van der Waals surface area contributed by atoms with Crippen LogP contribution >= 0.6 is 0 Å². The number of likely N-dealkylation sites (tertiary alicyclic amines) is 1. The van der Waals surface area contributed by atoms with Crippen LogP contribution in [0.3, 0.4) is 0 Å². The van der Waals surface area contributed by atoms with Crippen molar-refractivity contribution in [2.45, 2.75) is 32.6 Å². The molecule has 5 nitrogen and oxygen atoms in total. The summed E-state index contributed by atoms with van der Waals surface area (Å²) in [5, 5.41) is 6.18. The maximum Gasteiger partial charge on any atom is 0.224 e. The fourth-order valence-electron chi connectivity index (χ4n) is 2.56. The Morgan fingerprint density at radius 3 is 2.76 bits per heavy atom. The number of nitrogens with zero attached hydrogens (tertiary/aromatic N) is 3. The van der Waals surface area contributed by atoms with E-state index >= 15 is 0 Å². The molecule has 2 N–H and O–H groups in total. The van der Waals surface area contributed by atoms with Gasteiger partial charge in [0.2, 0.25) is 5.95 Å². The highest BCUT2D eigenvalue weighted by atomic mass is 19.1. The largest absolute Gasteiger partial charge is 0.367 e. The zero-order valence-electron chi connectivity index (χ0n) is 13.0. The maximum atomic E-state index is 13.7. The highest BCUT2D eigenvalue weighted by Crippen LogP contribution is 2.20. The summed E-state index contributed by atoms with van der Waals surface area (Å²) in [5.41, 5.74) is 0. The van der Waals surface area contributed by atoms with Crippen molar-refractivity contribution in [3.8, 4) is 0 Å². The summed E-state index contributed by atoms with van der Waals surface area (Å²) >= 11 is 0. The smallest absolute Gasteiger partial charge is 0.224 e. The lowest BCUT2D eigenvalue weighted by Crippen LogP contribution is -2.30. The van der Waals surface area contributed by atoms with Gasteiger partial charge in [0, 0.05) is 13.1 Å². The first-order valence-corrected chi connectivity index (χ1v) is 7.88. The Morgan fingerprint density at radius 1 is 1.29 bits per heavy atom. The van der Waals surface area contributed by atoms with Crippen molar-refractivity contribution in [2.75, 3.05) is 43.9 Å². The Labute approximate surface area is 126 Å². The van der Waals surface area contributed by atoms with Crippen LogP contribution in [0.1, 0.15) is 32.6 Å². The third-order valence-electron chi connectivity index (χ3n) is 3.96. The van der Waals surface area contributed by atoms with E-state index in [-0.39, 0.29) is 5.82 Å². The van der Waals surface area contributed by atoms with E-state index in [1.165, 1.54) is 19.0 Å². The van der Waals surface area contributed by atoms with Gasteiger partial charge in [0.05, 0.1) is 6.20 Å². The quantitative estimate of drug-likeness (QED) is 0.810. The molecular weight excluding hydrogens is 269 g/mol. The number of anilines is 2. The van der Waals surface area contributed by atoms with Crippen molar-refractivity contribution in [1.29, 1.82) is 0 Å². The first kappa shape index (κ1) is 15.9. The van der Waals surface area contributed by atoms with Gasteiger partial charge in [0.25, 0.3) is 0 Å². The predicted octanol–water partition coefficient (Wildman–Crippen LogP) is 2.58. The summed E-state index contributed by atoms with van der Waals surface area (Å²) in [6, 6.07) is 0. The Kier molecular flexibility index (Phi) is 6.17. The van der Waals surface area contributed by atoms with Gasteiger partial charge in [0.15, 0.2) is 11.6 Å². The van der Waals surface area contributed by atoms with E-state index in [9.17, 15) is 4.39 Å². The van der Waals surface area contributed by atoms with Gasteiger partial charge in [-0.25, -0.2) is 9.37 Å². The van der Waals surface area contributed by atoms with Gasteiger partial charge in [-0.1, -0.05) is 6.92 Å². The molecule has 0 amide bonds. The second-order valence-corrected chi connectivity index (χ2v) is 5.78. The molecule has 118 valence electrons. The first-order chi connectivity index (χ1) is 10.2. The first-order valence-electron chi connectivity index (χ1n) is 7.88. The van der Waals surface area contributed by atoms with Crippen molar-refractivity contribution in [3.63, 3.8) is 0 Å². The van der Waals surface area contributed by atoms with Crippen LogP contribution in [0.5, 0.6) is 0 Å². The monoisotopic (exact) mass is 295 g/mol. The average molecular weight is 295 g/mol. The van der Waals surface area contributed by atoms with Gasteiger partial charge < -0.3 is 15.5 Å². The minimum atomic E-state index is -0.388. The summed E-state index contributed by atoms with van der Waals surface area (Å²) in [5.74, 6) is 1.13. The summed E-state index contributed by atoms with van der Waals surface area (Å²) in [6.45, 7) is 5.95. The molecule has 0 aromatic carbocycles. The molecule has 0 spiro atoms. The van der Waals surface area contributed by atoms with Gasteiger partial charge in [-0.2, -0.15) is 4.98 Å². The van der Waals surface area contributed by atoms with Crippen LogP contribution in [0.25, 0.3) is 0 Å². The van der Waals surface area contributed by atoms with Crippen molar-refractivity contribution in [1.82, 2.24) is 14.9 Å². The number of piperidine rings is 1. The fourth-order valence-corrected chi connectivity index (χ4v) is 2.56. The number of aromatic nitrogens is 2.